The molecule has 2 rings (SSSR count). The van der Waals surface area contributed by atoms with Crippen LogP contribution in [-0.4, -0.2) is 38.0 Å². The van der Waals surface area contributed by atoms with Crippen molar-refractivity contribution in [2.24, 2.45) is 4.99 Å². The second-order valence-electron chi connectivity index (χ2n) is 3.47. The van der Waals surface area contributed by atoms with E-state index < -0.39 is 9.84 Å². The monoisotopic (exact) mass is 278 g/mol. The van der Waals surface area contributed by atoms with Crippen molar-refractivity contribution in [1.82, 2.24) is 4.90 Å². The predicted octanol–water partition coefficient (Wildman–Crippen LogP) is 1.10. The van der Waals surface area contributed by atoms with Crippen LogP contribution in [0.3, 0.4) is 0 Å². The highest BCUT2D eigenvalue weighted by atomic mass is 79.9. The van der Waals surface area contributed by atoms with Crippen molar-refractivity contribution in [1.29, 1.82) is 0 Å². The van der Waals surface area contributed by atoms with Gasteiger partial charge in [0, 0.05) is 0 Å². The van der Waals surface area contributed by atoms with Crippen molar-refractivity contribution < 1.29 is 8.42 Å². The number of rotatable bonds is 2. The average molecular weight is 279 g/mol. The lowest BCUT2D eigenvalue weighted by Crippen LogP contribution is -2.29. The number of hydrogen-bond donors (Lipinski definition) is 0. The highest BCUT2D eigenvalue weighted by Crippen LogP contribution is 2.20. The maximum Gasteiger partial charge on any atom is 0.217 e. The molecule has 0 saturated carbocycles. The van der Waals surface area contributed by atoms with Crippen LogP contribution in [-0.2, 0) is 9.84 Å². The molecular formula is C8H11BrN2O2S. The summed E-state index contributed by atoms with van der Waals surface area (Å²) in [7, 11) is -3.22. The standard InChI is InChI=1S/C8H11BrN2O2S/c9-7-6-14(12,13)8(10-7)5-11-3-1-2-4-11/h6H,1-5H2. The Labute approximate surface area is 91.7 Å². The molecule has 78 valence electrons. The second kappa shape index (κ2) is 3.75. The summed E-state index contributed by atoms with van der Waals surface area (Å²) in [5.41, 5.74) is 0. The molecule has 14 heavy (non-hydrogen) atoms. The second-order valence-corrected chi connectivity index (χ2v) is 6.08. The normalized spacial score (nSPS) is 26.4. The Kier molecular flexibility index (Phi) is 2.77. The molecule has 4 nitrogen and oxygen atoms in total. The minimum Gasteiger partial charge on any atom is -0.297 e. The Morgan fingerprint density at radius 2 is 2.07 bits per heavy atom. The molecule has 6 heteroatoms. The van der Waals surface area contributed by atoms with Gasteiger partial charge in [0.05, 0.1) is 12.0 Å². The van der Waals surface area contributed by atoms with E-state index in [9.17, 15) is 8.42 Å². The highest BCUT2D eigenvalue weighted by molar-refractivity contribution is 9.11. The van der Waals surface area contributed by atoms with Crippen LogP contribution in [0.2, 0.25) is 0 Å². The van der Waals surface area contributed by atoms with Crippen LogP contribution in [0.4, 0.5) is 0 Å². The molecule has 0 spiro atoms. The van der Waals surface area contributed by atoms with E-state index in [1.807, 2.05) is 0 Å². The summed E-state index contributed by atoms with van der Waals surface area (Å²) in [6, 6.07) is 0. The van der Waals surface area contributed by atoms with Gasteiger partial charge in [-0.2, -0.15) is 0 Å². The van der Waals surface area contributed by atoms with Gasteiger partial charge in [-0.15, -0.1) is 0 Å². The summed E-state index contributed by atoms with van der Waals surface area (Å²) in [6.07, 6.45) is 2.31. The molecule has 0 aromatic rings. The van der Waals surface area contributed by atoms with Gasteiger partial charge in [-0.3, -0.25) is 4.90 Å². The molecular weight excluding hydrogens is 268 g/mol. The topological polar surface area (TPSA) is 49.7 Å². The number of likely N-dealkylation sites (tertiary alicyclic amines) is 1. The molecule has 0 amide bonds. The van der Waals surface area contributed by atoms with E-state index in [1.165, 1.54) is 5.41 Å². The molecule has 2 heterocycles. The van der Waals surface area contributed by atoms with Crippen molar-refractivity contribution >= 4 is 30.8 Å². The largest absolute Gasteiger partial charge is 0.297 e. The third kappa shape index (κ3) is 2.07. The fourth-order valence-corrected chi connectivity index (χ4v) is 3.77. The van der Waals surface area contributed by atoms with Crippen LogP contribution in [0.5, 0.6) is 0 Å². The van der Waals surface area contributed by atoms with Gasteiger partial charge in [-0.05, 0) is 41.9 Å². The Hall–Kier alpha value is -0.200. The van der Waals surface area contributed by atoms with E-state index in [0.29, 0.717) is 11.2 Å². The minimum absolute atomic E-state index is 0.270. The smallest absolute Gasteiger partial charge is 0.217 e. The van der Waals surface area contributed by atoms with E-state index in [4.69, 9.17) is 0 Å². The summed E-state index contributed by atoms with van der Waals surface area (Å²) < 4.78 is 23.4. The SMILES string of the molecule is O=S1(=O)C=C(Br)N=C1CN1CCCC1. The van der Waals surface area contributed by atoms with Gasteiger partial charge in [0.25, 0.3) is 0 Å². The summed E-state index contributed by atoms with van der Waals surface area (Å²) in [5, 5.41) is 1.43. The summed E-state index contributed by atoms with van der Waals surface area (Å²) in [4.78, 5) is 6.09. The van der Waals surface area contributed by atoms with E-state index in [2.05, 4.69) is 25.8 Å². The van der Waals surface area contributed by atoms with Crippen LogP contribution in [0.15, 0.2) is 15.0 Å². The van der Waals surface area contributed by atoms with Crippen molar-refractivity contribution in [3.8, 4) is 0 Å². The number of sulfone groups is 1. The van der Waals surface area contributed by atoms with Gasteiger partial charge in [-0.1, -0.05) is 0 Å². The van der Waals surface area contributed by atoms with Crippen LogP contribution < -0.4 is 0 Å². The molecule has 0 unspecified atom stereocenters. The summed E-state index contributed by atoms with van der Waals surface area (Å²) >= 11 is 3.08. The molecule has 2 aliphatic heterocycles. The molecule has 0 N–H and O–H groups in total. The van der Waals surface area contributed by atoms with E-state index in [0.717, 1.165) is 25.9 Å². The van der Waals surface area contributed by atoms with E-state index in [-0.39, 0.29) is 5.04 Å². The first-order valence-corrected chi connectivity index (χ1v) is 6.84. The van der Waals surface area contributed by atoms with E-state index in [1.54, 1.807) is 0 Å². The molecule has 1 saturated heterocycles. The maximum atomic E-state index is 11.5. The summed E-state index contributed by atoms with van der Waals surface area (Å²) in [5.74, 6) is 0. The van der Waals surface area contributed by atoms with Crippen LogP contribution in [0.25, 0.3) is 0 Å². The molecule has 0 aromatic carbocycles. The Morgan fingerprint density at radius 1 is 1.43 bits per heavy atom. The van der Waals surface area contributed by atoms with Crippen molar-refractivity contribution in [3.05, 3.63) is 10.0 Å². The van der Waals surface area contributed by atoms with Crippen molar-refractivity contribution in [3.63, 3.8) is 0 Å². The van der Waals surface area contributed by atoms with Gasteiger partial charge >= 0.3 is 0 Å². The third-order valence-electron chi connectivity index (χ3n) is 2.37. The Balaban J connectivity index is 2.10. The van der Waals surface area contributed by atoms with Gasteiger partial charge < -0.3 is 0 Å². The molecule has 2 aliphatic rings. The lowest BCUT2D eigenvalue weighted by Gasteiger charge is -2.13. The Bertz CT molecular complexity index is 394. The average Bonchev–Trinajstić information content (AvgIpc) is 2.61. The van der Waals surface area contributed by atoms with Crippen LogP contribution in [0, 0.1) is 0 Å². The number of nitrogens with zero attached hydrogens (tertiary/aromatic N) is 2. The molecule has 1 fully saturated rings. The number of aliphatic imine (C=N–C) groups is 1. The Morgan fingerprint density at radius 3 is 2.57 bits per heavy atom. The number of hydrogen-bond acceptors (Lipinski definition) is 4. The van der Waals surface area contributed by atoms with Gasteiger partial charge in [-0.25, -0.2) is 13.4 Å². The van der Waals surface area contributed by atoms with Gasteiger partial charge in [0.2, 0.25) is 9.84 Å². The summed E-state index contributed by atoms with van der Waals surface area (Å²) in [6.45, 7) is 2.41. The zero-order valence-corrected chi connectivity index (χ0v) is 10.0. The number of halogens is 1. The molecule has 0 atom stereocenters. The molecule has 0 aliphatic carbocycles. The first-order chi connectivity index (χ1) is 6.58. The quantitative estimate of drug-likeness (QED) is 0.711. The van der Waals surface area contributed by atoms with Crippen LogP contribution >= 0.6 is 15.9 Å². The first-order valence-electron chi connectivity index (χ1n) is 4.50. The van der Waals surface area contributed by atoms with Crippen molar-refractivity contribution in [2.45, 2.75) is 12.8 Å². The highest BCUT2D eigenvalue weighted by Gasteiger charge is 2.26. The van der Waals surface area contributed by atoms with Crippen LogP contribution in [0.1, 0.15) is 12.8 Å². The zero-order valence-electron chi connectivity index (χ0n) is 7.61. The fourth-order valence-electron chi connectivity index (χ4n) is 1.66. The van der Waals surface area contributed by atoms with Crippen molar-refractivity contribution in [2.75, 3.05) is 19.6 Å². The lowest BCUT2D eigenvalue weighted by molar-refractivity contribution is 0.389. The third-order valence-corrected chi connectivity index (χ3v) is 4.49. The van der Waals surface area contributed by atoms with Gasteiger partial charge in [0.15, 0.2) is 5.04 Å². The molecule has 0 aromatic heterocycles. The lowest BCUT2D eigenvalue weighted by atomic mass is 10.4. The molecule has 0 bridgehead atoms. The predicted molar refractivity (Wildman–Crippen MR) is 59.0 cm³/mol. The maximum absolute atomic E-state index is 11.5. The minimum atomic E-state index is -3.22. The zero-order chi connectivity index (χ0) is 10.2. The molecule has 0 radical (unpaired) electrons. The van der Waals surface area contributed by atoms with E-state index >= 15 is 0 Å². The van der Waals surface area contributed by atoms with Gasteiger partial charge in [0.1, 0.15) is 4.61 Å². The first kappa shape index (κ1) is 10.3. The fraction of sp³-hybridized carbons (Fsp3) is 0.625.